The van der Waals surface area contributed by atoms with Gasteiger partial charge in [-0.2, -0.15) is 4.31 Å². The zero-order chi connectivity index (χ0) is 25.4. The molecule has 2 N–H and O–H groups in total. The Morgan fingerprint density at radius 2 is 1.77 bits per heavy atom. The van der Waals surface area contributed by atoms with Crippen LogP contribution in [0.15, 0.2) is 53.4 Å². The Morgan fingerprint density at radius 3 is 2.40 bits per heavy atom. The summed E-state index contributed by atoms with van der Waals surface area (Å²) in [5.41, 5.74) is 1.32. The minimum atomic E-state index is -3.67. The van der Waals surface area contributed by atoms with E-state index in [1.807, 2.05) is 19.1 Å². The largest absolute Gasteiger partial charge is 0.385 e. The van der Waals surface area contributed by atoms with Crippen LogP contribution in [0.5, 0.6) is 0 Å². The van der Waals surface area contributed by atoms with Gasteiger partial charge in [0, 0.05) is 43.9 Å². The minimum absolute atomic E-state index is 0.181. The van der Waals surface area contributed by atoms with E-state index in [-0.39, 0.29) is 35.7 Å². The lowest BCUT2D eigenvalue weighted by Gasteiger charge is -2.35. The average Bonchev–Trinajstić information content (AvgIpc) is 2.85. The lowest BCUT2D eigenvalue weighted by atomic mass is 9.89. The molecule has 1 fully saturated rings. The highest BCUT2D eigenvalue weighted by atomic mass is 35.5. The number of amides is 2. The molecule has 2 amide bonds. The van der Waals surface area contributed by atoms with Gasteiger partial charge >= 0.3 is 0 Å². The van der Waals surface area contributed by atoms with E-state index in [0.29, 0.717) is 43.0 Å². The van der Waals surface area contributed by atoms with E-state index in [1.54, 1.807) is 31.4 Å². The Labute approximate surface area is 212 Å². The predicted molar refractivity (Wildman–Crippen MR) is 135 cm³/mol. The standard InChI is InChI=1S/C25H32ClN3O5S/c1-18-6-3-4-7-22(18)24(30)28-23(25(31)27-14-5-17-34-2)19-12-15-29(16-13-19)35(32,33)21-10-8-20(26)9-11-21/h3-4,6-11,19,23H,5,12-17H2,1-2H3,(H,27,31)(H,28,30). The normalized spacial score (nSPS) is 16.0. The predicted octanol–water partition coefficient (Wildman–Crippen LogP) is 3.00. The summed E-state index contributed by atoms with van der Waals surface area (Å²) in [5.74, 6) is -0.805. The number of benzene rings is 2. The molecule has 1 unspecified atom stereocenters. The lowest BCUT2D eigenvalue weighted by molar-refractivity contribution is -0.124. The van der Waals surface area contributed by atoms with Crippen LogP contribution in [0.3, 0.4) is 0 Å². The maximum atomic E-state index is 13.1. The number of carbonyl (C=O) groups excluding carboxylic acids is 2. The fraction of sp³-hybridized carbons (Fsp3) is 0.440. The summed E-state index contributed by atoms with van der Waals surface area (Å²) in [7, 11) is -2.07. The number of aryl methyl sites for hydroxylation is 1. The van der Waals surface area contributed by atoms with Gasteiger partial charge < -0.3 is 15.4 Å². The number of rotatable bonds is 10. The van der Waals surface area contributed by atoms with E-state index in [4.69, 9.17) is 16.3 Å². The second-order valence-corrected chi connectivity index (χ2v) is 11.0. The monoisotopic (exact) mass is 521 g/mol. The molecule has 10 heteroatoms. The molecule has 2 aromatic rings. The third kappa shape index (κ3) is 7.04. The van der Waals surface area contributed by atoms with Gasteiger partial charge in [0.15, 0.2) is 0 Å². The van der Waals surface area contributed by atoms with Gasteiger partial charge in [0.05, 0.1) is 4.90 Å². The summed E-state index contributed by atoms with van der Waals surface area (Å²) in [4.78, 5) is 26.3. The molecule has 0 aliphatic carbocycles. The van der Waals surface area contributed by atoms with E-state index in [0.717, 1.165) is 5.56 Å². The van der Waals surface area contributed by atoms with E-state index >= 15 is 0 Å². The third-order valence-electron chi connectivity index (χ3n) is 6.20. The highest BCUT2D eigenvalue weighted by molar-refractivity contribution is 7.89. The molecule has 0 saturated carbocycles. The van der Waals surface area contributed by atoms with Gasteiger partial charge in [-0.3, -0.25) is 9.59 Å². The minimum Gasteiger partial charge on any atom is -0.385 e. The van der Waals surface area contributed by atoms with Crippen LogP contribution in [0.25, 0.3) is 0 Å². The first-order chi connectivity index (χ1) is 16.7. The first kappa shape index (κ1) is 27.1. The smallest absolute Gasteiger partial charge is 0.252 e. The summed E-state index contributed by atoms with van der Waals surface area (Å²) in [5, 5.41) is 6.26. The molecule has 0 spiro atoms. The molecule has 0 aromatic heterocycles. The number of ether oxygens (including phenoxy) is 1. The van der Waals surface area contributed by atoms with Gasteiger partial charge in [0.2, 0.25) is 15.9 Å². The van der Waals surface area contributed by atoms with E-state index in [2.05, 4.69) is 10.6 Å². The molecular formula is C25H32ClN3O5S. The van der Waals surface area contributed by atoms with Crippen LogP contribution >= 0.6 is 11.6 Å². The van der Waals surface area contributed by atoms with Gasteiger partial charge in [0.25, 0.3) is 5.91 Å². The average molecular weight is 522 g/mol. The molecule has 1 aliphatic rings. The zero-order valence-electron chi connectivity index (χ0n) is 20.0. The van der Waals surface area contributed by atoms with Crippen molar-refractivity contribution in [3.8, 4) is 0 Å². The number of nitrogens with one attached hydrogen (secondary N) is 2. The van der Waals surface area contributed by atoms with Gasteiger partial charge in [0.1, 0.15) is 6.04 Å². The summed E-state index contributed by atoms with van der Waals surface area (Å²) in [6.45, 7) is 3.29. The van der Waals surface area contributed by atoms with E-state index in [1.165, 1.54) is 16.4 Å². The van der Waals surface area contributed by atoms with E-state index in [9.17, 15) is 18.0 Å². The molecule has 2 aromatic carbocycles. The molecule has 3 rings (SSSR count). The Balaban J connectivity index is 1.71. The van der Waals surface area contributed by atoms with Crippen molar-refractivity contribution in [2.24, 2.45) is 5.92 Å². The van der Waals surface area contributed by atoms with Crippen molar-refractivity contribution in [1.82, 2.24) is 14.9 Å². The van der Waals surface area contributed by atoms with Gasteiger partial charge in [-0.05, 0) is 68.0 Å². The molecule has 1 aliphatic heterocycles. The summed E-state index contributed by atoms with van der Waals surface area (Å²) >= 11 is 5.89. The topological polar surface area (TPSA) is 105 Å². The number of hydrogen-bond donors (Lipinski definition) is 2. The molecule has 0 bridgehead atoms. The second kappa shape index (κ2) is 12.5. The van der Waals surface area contributed by atoms with Crippen molar-refractivity contribution in [2.45, 2.75) is 37.1 Å². The second-order valence-electron chi connectivity index (χ2n) is 8.60. The Bertz CT molecular complexity index is 1120. The van der Waals surface area contributed by atoms with Crippen molar-refractivity contribution in [1.29, 1.82) is 0 Å². The molecule has 1 saturated heterocycles. The first-order valence-electron chi connectivity index (χ1n) is 11.6. The number of halogens is 1. The third-order valence-corrected chi connectivity index (χ3v) is 8.37. The van der Waals surface area contributed by atoms with Crippen molar-refractivity contribution in [3.05, 3.63) is 64.7 Å². The summed E-state index contributed by atoms with van der Waals surface area (Å²) < 4.78 is 32.5. The Kier molecular flexibility index (Phi) is 9.68. The number of hydrogen-bond acceptors (Lipinski definition) is 5. The zero-order valence-corrected chi connectivity index (χ0v) is 21.6. The quantitative estimate of drug-likeness (QED) is 0.468. The van der Waals surface area contributed by atoms with Crippen LogP contribution in [-0.2, 0) is 19.6 Å². The summed E-state index contributed by atoms with van der Waals surface area (Å²) in [6.07, 6.45) is 1.53. The fourth-order valence-electron chi connectivity index (χ4n) is 4.19. The maximum Gasteiger partial charge on any atom is 0.252 e. The van der Waals surface area contributed by atoms with Crippen molar-refractivity contribution < 1.29 is 22.7 Å². The van der Waals surface area contributed by atoms with Crippen LogP contribution in [0.1, 0.15) is 35.2 Å². The van der Waals surface area contributed by atoms with Gasteiger partial charge in [-0.25, -0.2) is 8.42 Å². The highest BCUT2D eigenvalue weighted by Gasteiger charge is 2.36. The molecule has 190 valence electrons. The van der Waals surface area contributed by atoms with Crippen LogP contribution in [0.2, 0.25) is 5.02 Å². The molecule has 1 heterocycles. The number of sulfonamides is 1. The van der Waals surface area contributed by atoms with Gasteiger partial charge in [-0.1, -0.05) is 29.8 Å². The Hall–Kier alpha value is -2.46. The number of carbonyl (C=O) groups is 2. The fourth-order valence-corrected chi connectivity index (χ4v) is 5.78. The van der Waals surface area contributed by atoms with Crippen LogP contribution < -0.4 is 10.6 Å². The van der Waals surface area contributed by atoms with Crippen LogP contribution in [-0.4, -0.2) is 63.9 Å². The number of methoxy groups -OCH3 is 1. The molecule has 0 radical (unpaired) electrons. The van der Waals surface area contributed by atoms with Crippen molar-refractivity contribution in [3.63, 3.8) is 0 Å². The molecular weight excluding hydrogens is 490 g/mol. The molecule has 35 heavy (non-hydrogen) atoms. The number of nitrogens with zero attached hydrogens (tertiary/aromatic N) is 1. The molecule has 1 atom stereocenters. The van der Waals surface area contributed by atoms with Crippen LogP contribution in [0, 0.1) is 12.8 Å². The Morgan fingerprint density at radius 1 is 1.11 bits per heavy atom. The first-order valence-corrected chi connectivity index (χ1v) is 13.4. The van der Waals surface area contributed by atoms with Crippen molar-refractivity contribution in [2.75, 3.05) is 33.4 Å². The number of piperidine rings is 1. The highest BCUT2D eigenvalue weighted by Crippen LogP contribution is 2.27. The molecule has 8 nitrogen and oxygen atoms in total. The van der Waals surface area contributed by atoms with Crippen LogP contribution in [0.4, 0.5) is 0 Å². The maximum absolute atomic E-state index is 13.1. The van der Waals surface area contributed by atoms with Crippen molar-refractivity contribution >= 4 is 33.4 Å². The summed E-state index contributed by atoms with van der Waals surface area (Å²) in [6, 6.07) is 12.5. The lowest BCUT2D eigenvalue weighted by Crippen LogP contribution is -2.54. The van der Waals surface area contributed by atoms with Gasteiger partial charge in [-0.15, -0.1) is 0 Å². The van der Waals surface area contributed by atoms with E-state index < -0.39 is 16.1 Å². The SMILES string of the molecule is COCCCNC(=O)C(NC(=O)c1ccccc1C)C1CCN(S(=O)(=O)c2ccc(Cl)cc2)CC1.